The summed E-state index contributed by atoms with van der Waals surface area (Å²) in [5.41, 5.74) is 0. The SMILES string of the molecule is CN(C)C(CSS(=O)(=O)[O-])CSS(=O)(=O)O.[Na+]. The van der Waals surface area contributed by atoms with E-state index in [1.165, 1.54) is 0 Å². The molecule has 12 heteroatoms. The van der Waals surface area contributed by atoms with Gasteiger partial charge < -0.3 is 9.45 Å². The first-order chi connectivity index (χ1) is 7.01. The minimum atomic E-state index is -4.39. The summed E-state index contributed by atoms with van der Waals surface area (Å²) in [7, 11) is -4.80. The molecule has 0 saturated heterocycles. The smallest absolute Gasteiger partial charge is 0.739 e. The summed E-state index contributed by atoms with van der Waals surface area (Å²) in [4.78, 5) is 1.58. The molecule has 0 aromatic rings. The van der Waals surface area contributed by atoms with E-state index in [0.29, 0.717) is 10.8 Å². The molecular weight excluding hydrogens is 321 g/mol. The van der Waals surface area contributed by atoms with Crippen molar-refractivity contribution in [1.29, 1.82) is 0 Å². The van der Waals surface area contributed by atoms with Gasteiger partial charge in [-0.1, -0.05) is 0 Å². The van der Waals surface area contributed by atoms with Gasteiger partial charge in [0.1, 0.15) is 9.15 Å². The summed E-state index contributed by atoms with van der Waals surface area (Å²) in [6.07, 6.45) is 0. The minimum absolute atomic E-state index is 0. The third-order valence-electron chi connectivity index (χ3n) is 1.54. The van der Waals surface area contributed by atoms with Crippen LogP contribution in [-0.4, -0.2) is 62.5 Å². The molecule has 0 amide bonds. The van der Waals surface area contributed by atoms with Crippen molar-refractivity contribution in [1.82, 2.24) is 4.90 Å². The van der Waals surface area contributed by atoms with Gasteiger partial charge in [0.05, 0.1) is 0 Å². The number of nitrogens with zero attached hydrogens (tertiary/aromatic N) is 1. The van der Waals surface area contributed by atoms with Crippen LogP contribution in [-0.2, 0) is 18.3 Å². The van der Waals surface area contributed by atoms with Gasteiger partial charge in [0, 0.05) is 17.5 Å². The molecular formula is C5H12NNaO6S4. The number of hydrogen-bond donors (Lipinski definition) is 1. The Bertz CT molecular complexity index is 370. The van der Waals surface area contributed by atoms with Crippen molar-refractivity contribution in [3.8, 4) is 0 Å². The van der Waals surface area contributed by atoms with Crippen LogP contribution >= 0.6 is 21.6 Å². The van der Waals surface area contributed by atoms with Crippen LogP contribution in [0.15, 0.2) is 0 Å². The van der Waals surface area contributed by atoms with Crippen LogP contribution < -0.4 is 29.6 Å². The van der Waals surface area contributed by atoms with E-state index in [2.05, 4.69) is 0 Å². The molecule has 98 valence electrons. The average molecular weight is 333 g/mol. The third-order valence-corrected chi connectivity index (χ3v) is 5.75. The number of hydrogen-bond acceptors (Lipinski definition) is 8. The standard InChI is InChI=1S/C5H13NO6S4.Na/c1-6(2)5(3-13-15(7,8)9)4-14-16(10,11)12;/h5H,3-4H2,1-2H3,(H,7,8,9)(H,10,11,12);/q;+1/p-1. The Morgan fingerprint density at radius 1 is 1.18 bits per heavy atom. The molecule has 1 unspecified atom stereocenters. The Morgan fingerprint density at radius 2 is 1.59 bits per heavy atom. The summed E-state index contributed by atoms with van der Waals surface area (Å²) >= 11 is 0. The van der Waals surface area contributed by atoms with Gasteiger partial charge in [0.15, 0.2) is 0 Å². The van der Waals surface area contributed by atoms with E-state index in [9.17, 15) is 21.4 Å². The zero-order valence-electron chi connectivity index (χ0n) is 9.56. The van der Waals surface area contributed by atoms with Crippen molar-refractivity contribution in [2.24, 2.45) is 0 Å². The molecule has 0 rings (SSSR count). The van der Waals surface area contributed by atoms with Crippen LogP contribution in [0.5, 0.6) is 0 Å². The Labute approximate surface area is 131 Å². The molecule has 1 atom stereocenters. The van der Waals surface area contributed by atoms with E-state index in [1.54, 1.807) is 19.0 Å². The van der Waals surface area contributed by atoms with Crippen LogP contribution in [0.4, 0.5) is 0 Å². The Morgan fingerprint density at radius 3 is 1.88 bits per heavy atom. The molecule has 0 aromatic heterocycles. The number of rotatable bonds is 7. The average Bonchev–Trinajstić information content (AvgIpc) is 1.98. The quantitative estimate of drug-likeness (QED) is 0.290. The summed E-state index contributed by atoms with van der Waals surface area (Å²) in [5.74, 6) is -0.0737. The van der Waals surface area contributed by atoms with E-state index >= 15 is 0 Å². The van der Waals surface area contributed by atoms with E-state index < -0.39 is 24.3 Å². The Kier molecular flexibility index (Phi) is 10.5. The van der Waals surface area contributed by atoms with Gasteiger partial charge in [-0.3, -0.25) is 4.55 Å². The zero-order chi connectivity index (χ0) is 13.0. The molecule has 1 N–H and O–H groups in total. The predicted molar refractivity (Wildman–Crippen MR) is 63.6 cm³/mol. The maximum absolute atomic E-state index is 10.5. The summed E-state index contributed by atoms with van der Waals surface area (Å²) in [6, 6.07) is -0.444. The molecule has 0 spiro atoms. The van der Waals surface area contributed by atoms with Gasteiger partial charge in [0.25, 0.3) is 0 Å². The largest absolute Gasteiger partial charge is 1.00 e. The van der Waals surface area contributed by atoms with Crippen molar-refractivity contribution in [3.05, 3.63) is 0 Å². The second-order valence-corrected chi connectivity index (χ2v) is 9.74. The third kappa shape index (κ3) is 13.7. The molecule has 0 heterocycles. The topological polar surface area (TPSA) is 115 Å². The zero-order valence-corrected chi connectivity index (χ0v) is 14.8. The van der Waals surface area contributed by atoms with E-state index in [1.807, 2.05) is 0 Å². The van der Waals surface area contributed by atoms with Gasteiger partial charge in [-0.2, -0.15) is 8.42 Å². The Balaban J connectivity index is 0. The van der Waals surface area contributed by atoms with E-state index in [0.717, 1.165) is 0 Å². The molecule has 17 heavy (non-hydrogen) atoms. The molecule has 0 bridgehead atoms. The molecule has 7 nitrogen and oxygen atoms in total. The molecule has 0 saturated carbocycles. The monoisotopic (exact) mass is 333 g/mol. The van der Waals surface area contributed by atoms with Gasteiger partial charge in [0.2, 0.25) is 0 Å². The molecule has 0 aromatic carbocycles. The first kappa shape index (κ1) is 20.8. The predicted octanol–water partition coefficient (Wildman–Crippen LogP) is -3.35. The fourth-order valence-corrected chi connectivity index (χ4v) is 4.27. The second-order valence-electron chi connectivity index (χ2n) is 3.02. The fourth-order valence-electron chi connectivity index (χ4n) is 0.673. The van der Waals surface area contributed by atoms with E-state index in [-0.39, 0.29) is 51.9 Å². The van der Waals surface area contributed by atoms with Crippen molar-refractivity contribution in [3.63, 3.8) is 0 Å². The maximum atomic E-state index is 10.5. The van der Waals surface area contributed by atoms with Crippen molar-refractivity contribution >= 4 is 39.9 Å². The maximum Gasteiger partial charge on any atom is 1.00 e. The summed E-state index contributed by atoms with van der Waals surface area (Å²) in [5, 5.41) is 0. The Hall–Kier alpha value is 1.48. The van der Waals surface area contributed by atoms with Crippen LogP contribution in [0.25, 0.3) is 0 Å². The van der Waals surface area contributed by atoms with Crippen LogP contribution in [0.1, 0.15) is 0 Å². The minimum Gasteiger partial charge on any atom is -0.739 e. The molecule has 0 fully saturated rings. The first-order valence-electron chi connectivity index (χ1n) is 3.90. The van der Waals surface area contributed by atoms with E-state index in [4.69, 9.17) is 4.55 Å². The first-order valence-corrected chi connectivity index (χ1v) is 9.75. The normalized spacial score (nSPS) is 14.4. The van der Waals surface area contributed by atoms with Crippen LogP contribution in [0.3, 0.4) is 0 Å². The van der Waals surface area contributed by atoms with Crippen molar-refractivity contribution in [2.75, 3.05) is 25.6 Å². The molecule has 0 aliphatic heterocycles. The van der Waals surface area contributed by atoms with Gasteiger partial charge in [-0.15, -0.1) is 0 Å². The van der Waals surface area contributed by atoms with Gasteiger partial charge in [-0.25, -0.2) is 8.42 Å². The molecule has 0 aliphatic carbocycles. The van der Waals surface area contributed by atoms with Crippen molar-refractivity contribution in [2.45, 2.75) is 6.04 Å². The van der Waals surface area contributed by atoms with Crippen molar-refractivity contribution < 1.29 is 55.5 Å². The molecule has 0 radical (unpaired) electrons. The summed E-state index contributed by atoms with van der Waals surface area (Å²) < 4.78 is 60.6. The second kappa shape index (κ2) is 8.61. The van der Waals surface area contributed by atoms with Crippen LogP contribution in [0.2, 0.25) is 0 Å². The molecule has 0 aliphatic rings. The van der Waals surface area contributed by atoms with Crippen LogP contribution in [0, 0.1) is 0 Å². The van der Waals surface area contributed by atoms with Gasteiger partial charge in [-0.05, 0) is 35.7 Å². The summed E-state index contributed by atoms with van der Waals surface area (Å²) in [6.45, 7) is 0. The van der Waals surface area contributed by atoms with Gasteiger partial charge >= 0.3 is 38.7 Å². The fraction of sp³-hybridized carbons (Fsp3) is 1.00.